The zero-order valence-electron chi connectivity index (χ0n) is 19.5. The Morgan fingerprint density at radius 2 is 1.89 bits per heavy atom. The Hall–Kier alpha value is -3.01. The molecule has 1 amide bonds. The van der Waals surface area contributed by atoms with Crippen molar-refractivity contribution in [1.29, 1.82) is 0 Å². The minimum Gasteiger partial charge on any atom is -0.507 e. The summed E-state index contributed by atoms with van der Waals surface area (Å²) in [6.07, 6.45) is 1.60. The maximum absolute atomic E-state index is 13.7. The van der Waals surface area contributed by atoms with Gasteiger partial charge >= 0.3 is 6.18 Å². The highest BCUT2D eigenvalue weighted by atomic mass is 32.2. The number of benzene rings is 2. The standard InChI is InChI=1S/C25H30F3N3O3S/c1-2-3-4-5-6-7-12-34-22-11-9-17(14-19(22)25(26,27)28)30-24-31-20(15-35-24)16-8-10-21(32)18(13-16)23(29)33/h8-11,13-15,24,30-32H,2-7,12H2,1H3,(H2,29,33). The molecule has 2 aromatic carbocycles. The van der Waals surface area contributed by atoms with E-state index in [0.717, 1.165) is 31.7 Å². The van der Waals surface area contributed by atoms with Crippen molar-refractivity contribution in [2.24, 2.45) is 5.73 Å². The number of carbonyl (C=O) groups excluding carboxylic acids is 1. The van der Waals surface area contributed by atoms with Crippen LogP contribution in [0.15, 0.2) is 41.8 Å². The average Bonchev–Trinajstić information content (AvgIpc) is 3.27. The Balaban J connectivity index is 1.61. The lowest BCUT2D eigenvalue weighted by Crippen LogP contribution is -2.28. The molecule has 0 fully saturated rings. The molecule has 0 saturated heterocycles. The molecule has 0 bridgehead atoms. The molecule has 35 heavy (non-hydrogen) atoms. The second kappa shape index (κ2) is 12.1. The van der Waals surface area contributed by atoms with Crippen molar-refractivity contribution in [2.75, 3.05) is 11.9 Å². The molecule has 0 radical (unpaired) electrons. The largest absolute Gasteiger partial charge is 0.507 e. The summed E-state index contributed by atoms with van der Waals surface area (Å²) in [6, 6.07) is 8.37. The first-order valence-corrected chi connectivity index (χ1v) is 12.5. The number of hydrogen-bond donors (Lipinski definition) is 4. The number of amides is 1. The van der Waals surface area contributed by atoms with Crippen LogP contribution in [0.1, 0.15) is 66.9 Å². The Morgan fingerprint density at radius 3 is 2.60 bits per heavy atom. The molecule has 1 aliphatic heterocycles. The first kappa shape index (κ1) is 26.6. The van der Waals surface area contributed by atoms with Crippen LogP contribution < -0.4 is 21.1 Å². The number of nitrogens with one attached hydrogen (secondary N) is 2. The number of ether oxygens (including phenoxy) is 1. The number of aromatic hydroxyl groups is 1. The SMILES string of the molecule is CCCCCCCCOc1ccc(NC2NC(c3ccc(O)c(C(N)=O)c3)=CS2)cc1C(F)(F)F. The lowest BCUT2D eigenvalue weighted by Gasteiger charge is -2.19. The average molecular weight is 510 g/mol. The van der Waals surface area contributed by atoms with Gasteiger partial charge in [0.25, 0.3) is 5.91 Å². The summed E-state index contributed by atoms with van der Waals surface area (Å²) >= 11 is 1.33. The fourth-order valence-corrected chi connectivity index (χ4v) is 4.53. The molecular formula is C25H30F3N3O3S. The summed E-state index contributed by atoms with van der Waals surface area (Å²) in [5, 5.41) is 17.7. The molecule has 1 unspecified atom stereocenters. The van der Waals surface area contributed by atoms with Gasteiger partial charge in [-0.25, -0.2) is 0 Å². The smallest absolute Gasteiger partial charge is 0.420 e. The third kappa shape index (κ3) is 7.48. The van der Waals surface area contributed by atoms with E-state index in [-0.39, 0.29) is 29.4 Å². The van der Waals surface area contributed by atoms with Gasteiger partial charge in [-0.05, 0) is 53.8 Å². The molecule has 6 nitrogen and oxygen atoms in total. The number of nitrogens with two attached hydrogens (primary N) is 1. The molecular weight excluding hydrogens is 479 g/mol. The highest BCUT2D eigenvalue weighted by molar-refractivity contribution is 8.03. The second-order valence-electron chi connectivity index (χ2n) is 8.26. The third-order valence-electron chi connectivity index (χ3n) is 5.52. The Bertz CT molecular complexity index is 1060. The van der Waals surface area contributed by atoms with E-state index in [0.29, 0.717) is 17.7 Å². The van der Waals surface area contributed by atoms with Gasteiger partial charge in [-0.15, -0.1) is 0 Å². The van der Waals surface area contributed by atoms with Crippen LogP contribution in [0.3, 0.4) is 0 Å². The quantitative estimate of drug-likeness (QED) is 0.252. The van der Waals surface area contributed by atoms with Crippen molar-refractivity contribution < 1.29 is 27.8 Å². The third-order valence-corrected chi connectivity index (χ3v) is 6.40. The summed E-state index contributed by atoms with van der Waals surface area (Å²) in [5.41, 5.74) is 5.54. The van der Waals surface area contributed by atoms with E-state index in [9.17, 15) is 23.1 Å². The Morgan fingerprint density at radius 1 is 1.14 bits per heavy atom. The molecule has 190 valence electrons. The molecule has 5 N–H and O–H groups in total. The molecule has 1 aliphatic rings. The zero-order valence-corrected chi connectivity index (χ0v) is 20.3. The number of halogens is 3. The summed E-state index contributed by atoms with van der Waals surface area (Å²) < 4.78 is 46.5. The lowest BCUT2D eigenvalue weighted by atomic mass is 10.1. The van der Waals surface area contributed by atoms with E-state index in [1.807, 2.05) is 0 Å². The molecule has 0 spiro atoms. The van der Waals surface area contributed by atoms with E-state index in [1.165, 1.54) is 36.4 Å². The molecule has 10 heteroatoms. The van der Waals surface area contributed by atoms with Gasteiger partial charge in [0, 0.05) is 5.69 Å². The number of thioether (sulfide) groups is 1. The molecule has 0 aromatic heterocycles. The van der Waals surface area contributed by atoms with Crippen LogP contribution in [0, 0.1) is 0 Å². The van der Waals surface area contributed by atoms with E-state index in [1.54, 1.807) is 17.5 Å². The number of primary amides is 1. The summed E-state index contributed by atoms with van der Waals surface area (Å²) in [7, 11) is 0. The zero-order chi connectivity index (χ0) is 25.4. The van der Waals surface area contributed by atoms with Crippen LogP contribution in [0.4, 0.5) is 18.9 Å². The first-order chi connectivity index (χ1) is 16.7. The monoisotopic (exact) mass is 509 g/mol. The number of phenols is 1. The minimum atomic E-state index is -4.55. The van der Waals surface area contributed by atoms with Gasteiger partial charge < -0.3 is 26.2 Å². The van der Waals surface area contributed by atoms with Crippen molar-refractivity contribution in [3.8, 4) is 11.5 Å². The maximum Gasteiger partial charge on any atom is 0.420 e. The van der Waals surface area contributed by atoms with E-state index in [4.69, 9.17) is 10.5 Å². The first-order valence-electron chi connectivity index (χ1n) is 11.5. The van der Waals surface area contributed by atoms with Gasteiger partial charge in [-0.2, -0.15) is 13.2 Å². The van der Waals surface area contributed by atoms with Gasteiger partial charge in [0.15, 0.2) is 0 Å². The lowest BCUT2D eigenvalue weighted by molar-refractivity contribution is -0.138. The fraction of sp³-hybridized carbons (Fsp3) is 0.400. The van der Waals surface area contributed by atoms with Gasteiger partial charge in [0.1, 0.15) is 17.0 Å². The number of carbonyl (C=O) groups is 1. The van der Waals surface area contributed by atoms with Crippen LogP contribution in [-0.4, -0.2) is 23.1 Å². The van der Waals surface area contributed by atoms with Crippen LogP contribution in [0.5, 0.6) is 11.5 Å². The number of hydrogen-bond acceptors (Lipinski definition) is 6. The molecule has 0 aliphatic carbocycles. The van der Waals surface area contributed by atoms with Crippen LogP contribution in [0.2, 0.25) is 0 Å². The van der Waals surface area contributed by atoms with Crippen molar-refractivity contribution in [3.63, 3.8) is 0 Å². The van der Waals surface area contributed by atoms with E-state index < -0.39 is 23.1 Å². The molecule has 1 heterocycles. The minimum absolute atomic E-state index is 0.0158. The van der Waals surface area contributed by atoms with E-state index in [2.05, 4.69) is 17.6 Å². The number of alkyl halides is 3. The van der Waals surface area contributed by atoms with Crippen LogP contribution in [-0.2, 0) is 6.18 Å². The summed E-state index contributed by atoms with van der Waals surface area (Å²) in [6.45, 7) is 2.38. The number of anilines is 1. The second-order valence-corrected chi connectivity index (χ2v) is 9.24. The molecule has 2 aromatic rings. The Kier molecular flexibility index (Phi) is 9.20. The number of unbranched alkanes of at least 4 members (excludes halogenated alkanes) is 5. The summed E-state index contributed by atoms with van der Waals surface area (Å²) in [4.78, 5) is 11.5. The van der Waals surface area contributed by atoms with Gasteiger partial charge in [0.2, 0.25) is 0 Å². The number of rotatable bonds is 12. The highest BCUT2D eigenvalue weighted by Gasteiger charge is 2.35. The predicted molar refractivity (Wildman–Crippen MR) is 133 cm³/mol. The predicted octanol–water partition coefficient (Wildman–Crippen LogP) is 6.28. The van der Waals surface area contributed by atoms with Crippen molar-refractivity contribution >= 4 is 29.1 Å². The molecule has 0 saturated carbocycles. The van der Waals surface area contributed by atoms with Crippen LogP contribution in [0.25, 0.3) is 5.70 Å². The van der Waals surface area contributed by atoms with Crippen LogP contribution >= 0.6 is 11.8 Å². The van der Waals surface area contributed by atoms with Crippen molar-refractivity contribution in [3.05, 3.63) is 58.5 Å². The van der Waals surface area contributed by atoms with Crippen molar-refractivity contribution in [2.45, 2.75) is 57.1 Å². The van der Waals surface area contributed by atoms with Gasteiger partial charge in [-0.1, -0.05) is 50.8 Å². The Labute approximate surface area is 207 Å². The van der Waals surface area contributed by atoms with Crippen molar-refractivity contribution in [1.82, 2.24) is 5.32 Å². The summed E-state index contributed by atoms with van der Waals surface area (Å²) in [5.74, 6) is -1.16. The topological polar surface area (TPSA) is 96.6 Å². The van der Waals surface area contributed by atoms with Gasteiger partial charge in [-0.3, -0.25) is 4.79 Å². The highest BCUT2D eigenvalue weighted by Crippen LogP contribution is 2.39. The fourth-order valence-electron chi connectivity index (χ4n) is 3.65. The normalized spacial score (nSPS) is 15.4. The van der Waals surface area contributed by atoms with E-state index >= 15 is 0 Å². The van der Waals surface area contributed by atoms with Gasteiger partial charge in [0.05, 0.1) is 23.4 Å². The molecule has 1 atom stereocenters. The maximum atomic E-state index is 13.7. The molecule has 3 rings (SSSR count).